The highest BCUT2D eigenvalue weighted by Gasteiger charge is 2.34. The van der Waals surface area contributed by atoms with Gasteiger partial charge in [-0.05, 0) is 6.92 Å². The second-order valence-electron chi connectivity index (χ2n) is 3.66. The van der Waals surface area contributed by atoms with Crippen molar-refractivity contribution in [2.45, 2.75) is 19.1 Å². The maximum Gasteiger partial charge on any atom is 0.156 e. The van der Waals surface area contributed by atoms with Crippen molar-refractivity contribution < 1.29 is 15.4 Å². The Morgan fingerprint density at radius 1 is 1.64 bits per heavy atom. The quantitative estimate of drug-likeness (QED) is 0.192. The van der Waals surface area contributed by atoms with Gasteiger partial charge in [-0.25, -0.2) is 0 Å². The molecule has 82 valence electrons. The molecule has 1 heterocycles. The second kappa shape index (κ2) is 4.59. The van der Waals surface area contributed by atoms with E-state index < -0.39 is 6.10 Å². The minimum atomic E-state index is -0.533. The van der Waals surface area contributed by atoms with Gasteiger partial charge in [-0.15, -0.1) is 0 Å². The first-order chi connectivity index (χ1) is 6.60. The van der Waals surface area contributed by atoms with Crippen LogP contribution in [0.2, 0.25) is 0 Å². The molecular weight excluding hydrogens is 186 g/mol. The molecule has 1 saturated heterocycles. The van der Waals surface area contributed by atoms with Gasteiger partial charge in [0.25, 0.3) is 0 Å². The minimum Gasteiger partial charge on any atom is -0.409 e. The number of amidine groups is 1. The third-order valence-electron chi connectivity index (χ3n) is 2.76. The molecule has 3 unspecified atom stereocenters. The summed E-state index contributed by atoms with van der Waals surface area (Å²) < 4.78 is 0. The summed E-state index contributed by atoms with van der Waals surface area (Å²) in [6.07, 6.45) is -0.533. The molecule has 0 aliphatic carbocycles. The van der Waals surface area contributed by atoms with Crippen molar-refractivity contribution in [3.05, 3.63) is 0 Å². The number of aliphatic hydroxyl groups excluding tert-OH is 2. The first kappa shape index (κ1) is 11.2. The van der Waals surface area contributed by atoms with E-state index in [0.29, 0.717) is 13.1 Å². The van der Waals surface area contributed by atoms with Crippen molar-refractivity contribution in [1.29, 1.82) is 0 Å². The Morgan fingerprint density at radius 2 is 2.29 bits per heavy atom. The van der Waals surface area contributed by atoms with Crippen LogP contribution in [0, 0.1) is 5.92 Å². The molecule has 6 nitrogen and oxygen atoms in total. The number of oxime groups is 1. The number of nitrogens with two attached hydrogens (primary N) is 1. The van der Waals surface area contributed by atoms with Crippen LogP contribution < -0.4 is 5.73 Å². The number of hydrogen-bond donors (Lipinski definition) is 4. The van der Waals surface area contributed by atoms with E-state index in [1.165, 1.54) is 0 Å². The Bertz CT molecular complexity index is 222. The van der Waals surface area contributed by atoms with Crippen LogP contribution in [0.4, 0.5) is 0 Å². The molecule has 0 aromatic carbocycles. The number of aliphatic hydroxyl groups is 2. The lowest BCUT2D eigenvalue weighted by molar-refractivity contribution is 0.103. The molecular formula is C8H17N3O3. The van der Waals surface area contributed by atoms with Gasteiger partial charge in [-0.2, -0.15) is 0 Å². The number of rotatable bonds is 3. The first-order valence-electron chi connectivity index (χ1n) is 4.60. The molecule has 1 aliphatic heterocycles. The Kier molecular flexibility index (Phi) is 3.68. The average Bonchev–Trinajstić information content (AvgIpc) is 2.57. The van der Waals surface area contributed by atoms with E-state index in [4.69, 9.17) is 16.0 Å². The van der Waals surface area contributed by atoms with Crippen molar-refractivity contribution >= 4 is 5.84 Å². The molecule has 14 heavy (non-hydrogen) atoms. The van der Waals surface area contributed by atoms with Gasteiger partial charge in [0.1, 0.15) is 0 Å². The SMILES string of the molecule is CC(/C(N)=N/O)N1CC(O)C(CO)C1. The topological polar surface area (TPSA) is 102 Å². The molecule has 0 radical (unpaired) electrons. The van der Waals surface area contributed by atoms with E-state index in [-0.39, 0.29) is 24.4 Å². The predicted molar refractivity (Wildman–Crippen MR) is 51.0 cm³/mol. The lowest BCUT2D eigenvalue weighted by Gasteiger charge is -2.22. The van der Waals surface area contributed by atoms with E-state index in [1.807, 2.05) is 4.90 Å². The third kappa shape index (κ3) is 2.14. The van der Waals surface area contributed by atoms with Gasteiger partial charge < -0.3 is 21.2 Å². The van der Waals surface area contributed by atoms with Crippen LogP contribution in [0.5, 0.6) is 0 Å². The summed E-state index contributed by atoms with van der Waals surface area (Å²) in [6, 6.07) is -0.216. The van der Waals surface area contributed by atoms with Crippen LogP contribution in [0.1, 0.15) is 6.92 Å². The Hall–Kier alpha value is -0.850. The highest BCUT2D eigenvalue weighted by atomic mass is 16.4. The largest absolute Gasteiger partial charge is 0.409 e. The monoisotopic (exact) mass is 203 g/mol. The van der Waals surface area contributed by atoms with Crippen molar-refractivity contribution in [2.24, 2.45) is 16.8 Å². The molecule has 6 heteroatoms. The highest BCUT2D eigenvalue weighted by Crippen LogP contribution is 2.18. The molecule has 1 rings (SSSR count). The Morgan fingerprint density at radius 3 is 2.71 bits per heavy atom. The van der Waals surface area contributed by atoms with E-state index >= 15 is 0 Å². The zero-order valence-electron chi connectivity index (χ0n) is 8.17. The van der Waals surface area contributed by atoms with Gasteiger partial charge in [0.05, 0.1) is 12.1 Å². The smallest absolute Gasteiger partial charge is 0.156 e. The van der Waals surface area contributed by atoms with Crippen molar-refractivity contribution in [3.63, 3.8) is 0 Å². The van der Waals surface area contributed by atoms with Crippen LogP contribution in [0.3, 0.4) is 0 Å². The van der Waals surface area contributed by atoms with Gasteiger partial charge >= 0.3 is 0 Å². The van der Waals surface area contributed by atoms with Gasteiger partial charge in [0, 0.05) is 25.6 Å². The lowest BCUT2D eigenvalue weighted by atomic mass is 10.1. The van der Waals surface area contributed by atoms with E-state index in [2.05, 4.69) is 5.16 Å². The van der Waals surface area contributed by atoms with Crippen LogP contribution in [-0.2, 0) is 0 Å². The Labute approximate surface area is 82.6 Å². The van der Waals surface area contributed by atoms with Crippen LogP contribution in [0.15, 0.2) is 5.16 Å². The number of likely N-dealkylation sites (tertiary alicyclic amines) is 1. The second-order valence-corrected chi connectivity index (χ2v) is 3.66. The van der Waals surface area contributed by atoms with Gasteiger partial charge in [-0.3, -0.25) is 4.90 Å². The maximum absolute atomic E-state index is 9.52. The van der Waals surface area contributed by atoms with Gasteiger partial charge in [-0.1, -0.05) is 5.16 Å². The molecule has 0 spiro atoms. The molecule has 1 fully saturated rings. The van der Waals surface area contributed by atoms with Crippen LogP contribution in [0.25, 0.3) is 0 Å². The summed E-state index contributed by atoms with van der Waals surface area (Å²) in [5, 5.41) is 29.8. The predicted octanol–water partition coefficient (Wildman–Crippen LogP) is -1.59. The summed E-state index contributed by atoms with van der Waals surface area (Å²) >= 11 is 0. The number of β-amino-alcohol motifs (C(OH)–C–C–N with tert-alkyl or cyclic N) is 1. The summed E-state index contributed by atoms with van der Waals surface area (Å²) in [5.41, 5.74) is 5.44. The molecule has 0 amide bonds. The van der Waals surface area contributed by atoms with Crippen LogP contribution >= 0.6 is 0 Å². The van der Waals surface area contributed by atoms with E-state index in [0.717, 1.165) is 0 Å². The lowest BCUT2D eigenvalue weighted by Crippen LogP contribution is -2.42. The third-order valence-corrected chi connectivity index (χ3v) is 2.76. The average molecular weight is 203 g/mol. The maximum atomic E-state index is 9.52. The summed E-state index contributed by atoms with van der Waals surface area (Å²) in [5.74, 6) is -0.0141. The molecule has 5 N–H and O–H groups in total. The molecule has 1 aliphatic rings. The zero-order chi connectivity index (χ0) is 10.7. The summed E-state index contributed by atoms with van der Waals surface area (Å²) in [6.45, 7) is 2.76. The van der Waals surface area contributed by atoms with E-state index in [1.54, 1.807) is 6.92 Å². The van der Waals surface area contributed by atoms with Crippen molar-refractivity contribution in [3.8, 4) is 0 Å². The van der Waals surface area contributed by atoms with E-state index in [9.17, 15) is 5.11 Å². The number of nitrogens with zero attached hydrogens (tertiary/aromatic N) is 2. The summed E-state index contributed by atoms with van der Waals surface area (Å²) in [7, 11) is 0. The van der Waals surface area contributed by atoms with Crippen LogP contribution in [-0.4, -0.2) is 58.0 Å². The first-order valence-corrected chi connectivity index (χ1v) is 4.60. The normalized spacial score (nSPS) is 32.1. The number of hydrogen-bond acceptors (Lipinski definition) is 5. The van der Waals surface area contributed by atoms with Gasteiger partial charge in [0.15, 0.2) is 5.84 Å². The Balaban J connectivity index is 2.56. The van der Waals surface area contributed by atoms with Gasteiger partial charge in [0.2, 0.25) is 0 Å². The minimum absolute atomic E-state index is 0.0411. The molecule has 0 aromatic rings. The fraction of sp³-hybridized carbons (Fsp3) is 0.875. The molecule has 3 atom stereocenters. The fourth-order valence-corrected chi connectivity index (χ4v) is 1.65. The highest BCUT2D eigenvalue weighted by molar-refractivity contribution is 5.84. The summed E-state index contributed by atoms with van der Waals surface area (Å²) in [4.78, 5) is 1.88. The molecule has 0 aromatic heterocycles. The molecule has 0 saturated carbocycles. The fourth-order valence-electron chi connectivity index (χ4n) is 1.65. The standard InChI is InChI=1S/C8H17N3O3/c1-5(8(9)10-14)11-2-6(4-12)7(13)3-11/h5-7,12-14H,2-4H2,1H3,(H2,9,10). The molecule has 0 bridgehead atoms. The van der Waals surface area contributed by atoms with Crippen molar-refractivity contribution in [1.82, 2.24) is 4.90 Å². The zero-order valence-corrected chi connectivity index (χ0v) is 8.17. The van der Waals surface area contributed by atoms with Crippen molar-refractivity contribution in [2.75, 3.05) is 19.7 Å².